The molecule has 1 radical (unpaired) electrons. The maximum Gasteiger partial charge on any atom is 3.00 e. The van der Waals surface area contributed by atoms with Gasteiger partial charge in [-0.1, -0.05) is 6.92 Å². The minimum atomic E-state index is 0. The van der Waals surface area contributed by atoms with Crippen molar-refractivity contribution in [3.8, 4) is 0 Å². The fourth-order valence-electron chi connectivity index (χ4n) is 0.364. The number of nitrogens with one attached hydrogen (secondary N) is 1. The summed E-state index contributed by atoms with van der Waals surface area (Å²) in [5, 5.41) is 0. The van der Waals surface area contributed by atoms with Gasteiger partial charge in [-0.15, -0.1) is 6.20 Å². The molecule has 1 heterocycles. The zero-order valence-electron chi connectivity index (χ0n) is 6.01. The first-order valence-corrected chi connectivity index (χ1v) is 1.91. The summed E-state index contributed by atoms with van der Waals surface area (Å²) in [5.74, 6) is 0. The number of hydrogen-bond acceptors (Lipinski definition) is 0. The van der Waals surface area contributed by atoms with Crippen molar-refractivity contribution < 1.29 is 22.3 Å². The van der Waals surface area contributed by atoms with Crippen molar-refractivity contribution >= 4 is 0 Å². The summed E-state index contributed by atoms with van der Waals surface area (Å²) < 4.78 is 0. The van der Waals surface area contributed by atoms with Crippen LogP contribution in [0.2, 0.25) is 0 Å². The van der Waals surface area contributed by atoms with Gasteiger partial charge in [0, 0.05) is 0 Å². The molecular weight excluding hydrogens is 175 g/mol. The van der Waals surface area contributed by atoms with Crippen molar-refractivity contribution in [3.05, 3.63) is 24.0 Å². The molecule has 0 unspecified atom stereocenters. The van der Waals surface area contributed by atoms with Crippen LogP contribution in [0.3, 0.4) is 0 Å². The zero-order valence-corrected chi connectivity index (χ0v) is 5.75. The summed E-state index contributed by atoms with van der Waals surface area (Å²) in [5.41, 5.74) is 1.16. The second-order valence-corrected chi connectivity index (χ2v) is 1.29. The summed E-state index contributed by atoms with van der Waals surface area (Å²) in [4.78, 5) is 2.80. The predicted molar refractivity (Wildman–Crippen MR) is 26.6 cm³/mol. The smallest absolute Gasteiger partial charge is 1.00 e. The molecule has 1 aromatic heterocycles. The normalized spacial score (nSPS) is 7.57. The van der Waals surface area contributed by atoms with E-state index in [9.17, 15) is 0 Å². The van der Waals surface area contributed by atoms with Gasteiger partial charge in [0.15, 0.2) is 0 Å². The average Bonchev–Trinajstić information content (AvgIpc) is 1.86. The fourth-order valence-corrected chi connectivity index (χ4v) is 0.364. The van der Waals surface area contributed by atoms with E-state index in [2.05, 4.69) is 11.2 Å². The molecule has 0 saturated carbocycles. The molecule has 0 aromatic carbocycles. The van der Waals surface area contributed by atoms with Crippen LogP contribution in [-0.4, -0.2) is 4.98 Å². The molecule has 0 bridgehead atoms. The average molecular weight is 183 g/mol. The van der Waals surface area contributed by atoms with Crippen molar-refractivity contribution in [2.45, 2.75) is 6.92 Å². The minimum absolute atomic E-state index is 0. The number of aromatic nitrogens is 1. The molecule has 0 aliphatic rings. The molecule has 0 spiro atoms. The zero-order chi connectivity index (χ0) is 4.41. The topological polar surface area (TPSA) is 15.8 Å². The van der Waals surface area contributed by atoms with Gasteiger partial charge in [-0.05, 0) is 0 Å². The van der Waals surface area contributed by atoms with Gasteiger partial charge in [0.25, 0.3) is 0 Å². The van der Waals surface area contributed by atoms with Crippen LogP contribution in [0.15, 0.2) is 12.3 Å². The van der Waals surface area contributed by atoms with E-state index in [1.165, 1.54) is 0 Å². The summed E-state index contributed by atoms with van der Waals surface area (Å²) in [6.07, 6.45) is 4.73. The molecule has 0 amide bonds. The van der Waals surface area contributed by atoms with Gasteiger partial charge in [0.1, 0.15) is 0 Å². The van der Waals surface area contributed by atoms with Crippen molar-refractivity contribution in [2.75, 3.05) is 0 Å². The first-order valence-electron chi connectivity index (χ1n) is 1.91. The number of aryl methyl sites for hydroxylation is 1. The molecule has 1 N–H and O–H groups in total. The first kappa shape index (κ1) is 6.90. The molecular formula is C5H8NRu. The Bertz CT molecular complexity index is 119. The van der Waals surface area contributed by atoms with Crippen molar-refractivity contribution in [2.24, 2.45) is 0 Å². The molecule has 0 aliphatic heterocycles. The molecule has 0 fully saturated rings. The Morgan fingerprint density at radius 3 is 2.71 bits per heavy atom. The molecule has 0 saturated heterocycles. The predicted octanol–water partition coefficient (Wildman–Crippen LogP) is 1.35. The Hall–Kier alpha value is -0.0966. The second kappa shape index (κ2) is 2.98. The van der Waals surface area contributed by atoms with E-state index < -0.39 is 0 Å². The summed E-state index contributed by atoms with van der Waals surface area (Å²) in [6.45, 7) is 2.00. The molecule has 1 rings (SSSR count). The number of rotatable bonds is 0. The van der Waals surface area contributed by atoms with E-state index in [0.717, 1.165) is 5.56 Å². The van der Waals surface area contributed by atoms with Crippen LogP contribution < -0.4 is 0 Å². The van der Waals surface area contributed by atoms with Crippen LogP contribution in [0.1, 0.15) is 8.42 Å². The largest absolute Gasteiger partial charge is 3.00 e. The number of aromatic amines is 1. The van der Waals surface area contributed by atoms with Gasteiger partial charge in [-0.2, -0.15) is 17.8 Å². The van der Waals surface area contributed by atoms with Gasteiger partial charge in [-0.25, -0.2) is 0 Å². The summed E-state index contributed by atoms with van der Waals surface area (Å²) >= 11 is 0. The molecule has 1 aromatic rings. The van der Waals surface area contributed by atoms with E-state index in [1.807, 2.05) is 19.2 Å². The summed E-state index contributed by atoms with van der Waals surface area (Å²) in [6, 6.07) is 1.97. The van der Waals surface area contributed by atoms with Crippen molar-refractivity contribution in [1.29, 1.82) is 0 Å². The van der Waals surface area contributed by atoms with Gasteiger partial charge in [-0.3, -0.25) is 0 Å². The number of H-pyrrole nitrogens is 1. The van der Waals surface area contributed by atoms with Gasteiger partial charge < -0.3 is 7.84 Å². The second-order valence-electron chi connectivity index (χ2n) is 1.29. The van der Waals surface area contributed by atoms with Crippen molar-refractivity contribution in [1.82, 2.24) is 4.98 Å². The van der Waals surface area contributed by atoms with E-state index in [-0.39, 0.29) is 22.3 Å². The Morgan fingerprint density at radius 2 is 2.57 bits per heavy atom. The van der Waals surface area contributed by atoms with Crippen LogP contribution in [0, 0.1) is 13.1 Å². The van der Waals surface area contributed by atoms with Crippen molar-refractivity contribution in [3.63, 3.8) is 0 Å². The van der Waals surface area contributed by atoms with Gasteiger partial charge in [0.05, 0.1) is 0 Å². The summed E-state index contributed by atoms with van der Waals surface area (Å²) in [7, 11) is 0. The molecule has 7 heavy (non-hydrogen) atoms. The van der Waals surface area contributed by atoms with E-state index in [0.29, 0.717) is 0 Å². The molecule has 0 atom stereocenters. The van der Waals surface area contributed by atoms with Crippen LogP contribution in [0.25, 0.3) is 0 Å². The Kier molecular flexibility index (Phi) is 2.94. The monoisotopic (exact) mass is 184 g/mol. The van der Waals surface area contributed by atoms with Crippen LogP contribution in [0.4, 0.5) is 0 Å². The van der Waals surface area contributed by atoms with E-state index in [1.54, 1.807) is 0 Å². The third kappa shape index (κ3) is 1.89. The standard InChI is InChI=1S/C5H6N.Ru.2H/c1-5-2-3-6-4-5;;;/h2-3,6H,1H3;;;/q-1;+3;2*-1. The molecule has 0 aliphatic carbocycles. The maximum atomic E-state index is 2.88. The minimum Gasteiger partial charge on any atom is -1.00 e. The Labute approximate surface area is 58.9 Å². The first-order chi connectivity index (χ1) is 2.89. The Balaban J connectivity index is -0.000000120. The van der Waals surface area contributed by atoms with Crippen LogP contribution in [0.5, 0.6) is 0 Å². The van der Waals surface area contributed by atoms with Gasteiger partial charge in [0.2, 0.25) is 0 Å². The fraction of sp³-hybridized carbons (Fsp3) is 0.200. The third-order valence-electron chi connectivity index (χ3n) is 0.686. The third-order valence-corrected chi connectivity index (χ3v) is 0.686. The van der Waals surface area contributed by atoms with E-state index in [4.69, 9.17) is 0 Å². The SMILES string of the molecule is Cc1[c-][nH]cc1.[H-].[H-].[Ru+3]. The molecule has 2 heteroatoms. The van der Waals surface area contributed by atoms with Crippen LogP contribution in [-0.2, 0) is 19.5 Å². The van der Waals surface area contributed by atoms with Crippen LogP contribution >= 0.6 is 0 Å². The quantitative estimate of drug-likeness (QED) is 0.461. The Morgan fingerprint density at radius 1 is 1.86 bits per heavy atom. The molecule has 41 valence electrons. The number of hydrogen-bond donors (Lipinski definition) is 1. The van der Waals surface area contributed by atoms with Gasteiger partial charge >= 0.3 is 19.5 Å². The molecule has 1 nitrogen and oxygen atoms in total. The van der Waals surface area contributed by atoms with E-state index >= 15 is 0 Å². The maximum absolute atomic E-state index is 2.88.